The van der Waals surface area contributed by atoms with Crippen LogP contribution in [-0.4, -0.2) is 20.1 Å². The van der Waals surface area contributed by atoms with Gasteiger partial charge in [0.15, 0.2) is 0 Å². The van der Waals surface area contributed by atoms with Gasteiger partial charge >= 0.3 is 0 Å². The summed E-state index contributed by atoms with van der Waals surface area (Å²) in [7, 11) is 0. The number of para-hydroxylation sites is 1. The lowest BCUT2D eigenvalue weighted by Gasteiger charge is -2.06. The Hall–Kier alpha value is -2.15. The van der Waals surface area contributed by atoms with Crippen LogP contribution in [0.15, 0.2) is 24.5 Å². The number of nitro benzene ring substituents is 1. The number of benzene rings is 1. The molecule has 0 spiro atoms. The van der Waals surface area contributed by atoms with Crippen LogP contribution in [0, 0.1) is 10.1 Å². The van der Waals surface area contributed by atoms with Gasteiger partial charge in [-0.05, 0) is 6.07 Å². The van der Waals surface area contributed by atoms with E-state index in [0.717, 1.165) is 0 Å². The summed E-state index contributed by atoms with van der Waals surface area (Å²) in [6.45, 7) is 0.282. The number of nitrogens with one attached hydrogen (secondary N) is 2. The minimum atomic E-state index is -0.491. The third-order valence-electron chi connectivity index (χ3n) is 2.09. The van der Waals surface area contributed by atoms with Crippen molar-refractivity contribution in [3.8, 4) is 0 Å². The van der Waals surface area contributed by atoms with E-state index in [9.17, 15) is 10.1 Å². The molecule has 0 bridgehead atoms. The summed E-state index contributed by atoms with van der Waals surface area (Å²) in [5.41, 5.74) is 0.201. The van der Waals surface area contributed by atoms with Crippen LogP contribution < -0.4 is 5.32 Å². The fourth-order valence-corrected chi connectivity index (χ4v) is 1.56. The number of aromatic nitrogens is 3. The number of rotatable bonds is 4. The predicted molar refractivity (Wildman–Crippen MR) is 61.8 cm³/mol. The van der Waals surface area contributed by atoms with Crippen LogP contribution in [0.2, 0.25) is 5.02 Å². The minimum Gasteiger partial charge on any atom is -0.371 e. The summed E-state index contributed by atoms with van der Waals surface area (Å²) < 4.78 is 0. The number of H-pyrrole nitrogens is 1. The average Bonchev–Trinajstić information content (AvgIpc) is 2.80. The van der Waals surface area contributed by atoms with Crippen LogP contribution in [0.4, 0.5) is 11.4 Å². The molecule has 0 saturated heterocycles. The van der Waals surface area contributed by atoms with Crippen molar-refractivity contribution in [2.75, 3.05) is 5.32 Å². The molecule has 0 amide bonds. The first-order chi connectivity index (χ1) is 8.18. The van der Waals surface area contributed by atoms with Crippen LogP contribution in [0.1, 0.15) is 5.82 Å². The minimum absolute atomic E-state index is 0.0722. The third kappa shape index (κ3) is 2.51. The van der Waals surface area contributed by atoms with Crippen molar-refractivity contribution in [1.82, 2.24) is 15.2 Å². The van der Waals surface area contributed by atoms with E-state index in [4.69, 9.17) is 11.6 Å². The molecule has 1 aromatic carbocycles. The van der Waals surface area contributed by atoms with Crippen molar-refractivity contribution in [1.29, 1.82) is 0 Å². The van der Waals surface area contributed by atoms with Gasteiger partial charge in [-0.15, -0.1) is 0 Å². The molecular formula is C9H8ClN5O2. The number of nitrogens with zero attached hydrogens (tertiary/aromatic N) is 3. The molecule has 0 saturated carbocycles. The quantitative estimate of drug-likeness (QED) is 0.641. The molecule has 0 aliphatic carbocycles. The molecule has 88 valence electrons. The van der Waals surface area contributed by atoms with E-state index in [1.807, 2.05) is 0 Å². The summed E-state index contributed by atoms with van der Waals surface area (Å²) in [5.74, 6) is 0.569. The Morgan fingerprint density at radius 3 is 3.00 bits per heavy atom. The van der Waals surface area contributed by atoms with E-state index in [1.165, 1.54) is 18.5 Å². The first-order valence-corrected chi connectivity index (χ1v) is 5.07. The number of aromatic amines is 1. The SMILES string of the molecule is O=[N+]([O-])c1cccc(Cl)c1NCc1ncn[nH]1. The fraction of sp³-hybridized carbons (Fsp3) is 0.111. The van der Waals surface area contributed by atoms with Gasteiger partial charge in [0, 0.05) is 6.07 Å². The van der Waals surface area contributed by atoms with Gasteiger partial charge in [0.25, 0.3) is 5.69 Å². The van der Waals surface area contributed by atoms with Crippen molar-refractivity contribution < 1.29 is 4.92 Å². The highest BCUT2D eigenvalue weighted by atomic mass is 35.5. The molecule has 1 heterocycles. The maximum atomic E-state index is 10.8. The zero-order valence-electron chi connectivity index (χ0n) is 8.55. The number of anilines is 1. The van der Waals surface area contributed by atoms with Gasteiger partial charge in [0.1, 0.15) is 17.8 Å². The van der Waals surface area contributed by atoms with Crippen molar-refractivity contribution in [2.24, 2.45) is 0 Å². The second-order valence-electron chi connectivity index (χ2n) is 3.18. The summed E-state index contributed by atoms with van der Waals surface area (Å²) in [6.07, 6.45) is 1.36. The highest BCUT2D eigenvalue weighted by molar-refractivity contribution is 6.33. The number of hydrogen-bond acceptors (Lipinski definition) is 5. The van der Waals surface area contributed by atoms with E-state index in [-0.39, 0.29) is 17.9 Å². The zero-order chi connectivity index (χ0) is 12.3. The van der Waals surface area contributed by atoms with Gasteiger partial charge in [0.2, 0.25) is 0 Å². The second-order valence-corrected chi connectivity index (χ2v) is 3.58. The Kier molecular flexibility index (Phi) is 3.20. The van der Waals surface area contributed by atoms with Crippen LogP contribution >= 0.6 is 11.6 Å². The first-order valence-electron chi connectivity index (χ1n) is 4.69. The molecule has 0 aliphatic rings. The Balaban J connectivity index is 2.22. The zero-order valence-corrected chi connectivity index (χ0v) is 9.31. The molecule has 0 aliphatic heterocycles. The summed E-state index contributed by atoms with van der Waals surface area (Å²) in [6, 6.07) is 4.49. The molecule has 0 fully saturated rings. The second kappa shape index (κ2) is 4.79. The first kappa shape index (κ1) is 11.3. The lowest BCUT2D eigenvalue weighted by Crippen LogP contribution is -2.04. The summed E-state index contributed by atoms with van der Waals surface area (Å²) >= 11 is 5.90. The standard InChI is InChI=1S/C9H8ClN5O2/c10-6-2-1-3-7(15(16)17)9(6)11-4-8-12-5-13-14-8/h1-3,5,11H,4H2,(H,12,13,14). The van der Waals surface area contributed by atoms with E-state index in [2.05, 4.69) is 20.5 Å². The Labute approximate surface area is 101 Å². The molecule has 2 aromatic rings. The highest BCUT2D eigenvalue weighted by Crippen LogP contribution is 2.31. The van der Waals surface area contributed by atoms with Crippen LogP contribution in [0.25, 0.3) is 0 Å². The van der Waals surface area contributed by atoms with Crippen molar-refractivity contribution >= 4 is 23.0 Å². The van der Waals surface area contributed by atoms with Crippen molar-refractivity contribution in [2.45, 2.75) is 6.54 Å². The average molecular weight is 254 g/mol. The van der Waals surface area contributed by atoms with Gasteiger partial charge in [-0.1, -0.05) is 17.7 Å². The third-order valence-corrected chi connectivity index (χ3v) is 2.40. The molecular weight excluding hydrogens is 246 g/mol. The highest BCUT2D eigenvalue weighted by Gasteiger charge is 2.16. The van der Waals surface area contributed by atoms with Gasteiger partial charge in [0.05, 0.1) is 16.5 Å². The fourth-order valence-electron chi connectivity index (χ4n) is 1.33. The molecule has 7 nitrogen and oxygen atoms in total. The molecule has 17 heavy (non-hydrogen) atoms. The van der Waals surface area contributed by atoms with Crippen molar-refractivity contribution in [3.05, 3.63) is 45.5 Å². The molecule has 8 heteroatoms. The van der Waals surface area contributed by atoms with E-state index in [1.54, 1.807) is 6.07 Å². The molecule has 0 radical (unpaired) electrons. The van der Waals surface area contributed by atoms with Crippen LogP contribution in [0.5, 0.6) is 0 Å². The Morgan fingerprint density at radius 2 is 2.35 bits per heavy atom. The predicted octanol–water partition coefficient (Wildman–Crippen LogP) is 1.98. The maximum absolute atomic E-state index is 10.8. The van der Waals surface area contributed by atoms with Gasteiger partial charge in [-0.2, -0.15) is 5.10 Å². The molecule has 2 N–H and O–H groups in total. The van der Waals surface area contributed by atoms with Gasteiger partial charge in [-0.25, -0.2) is 4.98 Å². The summed E-state index contributed by atoms with van der Waals surface area (Å²) in [4.78, 5) is 14.2. The van der Waals surface area contributed by atoms with Crippen molar-refractivity contribution in [3.63, 3.8) is 0 Å². The normalized spacial score (nSPS) is 10.2. The largest absolute Gasteiger partial charge is 0.371 e. The van der Waals surface area contributed by atoms with E-state index >= 15 is 0 Å². The van der Waals surface area contributed by atoms with E-state index in [0.29, 0.717) is 10.8 Å². The molecule has 1 aromatic heterocycles. The number of hydrogen-bond donors (Lipinski definition) is 2. The van der Waals surface area contributed by atoms with Gasteiger partial charge in [-0.3, -0.25) is 15.2 Å². The number of halogens is 1. The van der Waals surface area contributed by atoms with Crippen LogP contribution in [0.3, 0.4) is 0 Å². The smallest absolute Gasteiger partial charge is 0.293 e. The topological polar surface area (TPSA) is 96.7 Å². The summed E-state index contributed by atoms with van der Waals surface area (Å²) in [5, 5.41) is 20.3. The molecule has 0 atom stereocenters. The molecule has 0 unspecified atom stereocenters. The Morgan fingerprint density at radius 1 is 1.53 bits per heavy atom. The lowest BCUT2D eigenvalue weighted by molar-refractivity contribution is -0.383. The van der Waals surface area contributed by atoms with E-state index < -0.39 is 4.92 Å². The number of nitro groups is 1. The monoisotopic (exact) mass is 253 g/mol. The lowest BCUT2D eigenvalue weighted by atomic mass is 10.2. The maximum Gasteiger partial charge on any atom is 0.293 e. The van der Waals surface area contributed by atoms with Crippen LogP contribution in [-0.2, 0) is 6.54 Å². The Bertz CT molecular complexity index is 528. The molecule has 2 rings (SSSR count). The van der Waals surface area contributed by atoms with Gasteiger partial charge < -0.3 is 5.32 Å².